The summed E-state index contributed by atoms with van der Waals surface area (Å²) in [6.45, 7) is 0.777. The van der Waals surface area contributed by atoms with E-state index in [1.807, 2.05) is 31.1 Å². The predicted molar refractivity (Wildman–Crippen MR) is 80.4 cm³/mol. The number of nitrogens with zero attached hydrogens (tertiary/aromatic N) is 1. The molecule has 0 amide bonds. The van der Waals surface area contributed by atoms with Gasteiger partial charge in [0.15, 0.2) is 0 Å². The zero-order valence-electron chi connectivity index (χ0n) is 12.1. The van der Waals surface area contributed by atoms with Gasteiger partial charge in [-0.2, -0.15) is 13.2 Å². The van der Waals surface area contributed by atoms with E-state index in [4.69, 9.17) is 16.3 Å². The van der Waals surface area contributed by atoms with E-state index in [0.717, 1.165) is 18.2 Å². The first-order chi connectivity index (χ1) is 10.3. The van der Waals surface area contributed by atoms with Crippen molar-refractivity contribution >= 4 is 11.6 Å². The average molecular weight is 330 g/mol. The molecule has 0 bridgehead atoms. The second kappa shape index (κ2) is 6.58. The van der Waals surface area contributed by atoms with Crippen molar-refractivity contribution in [2.75, 3.05) is 14.1 Å². The van der Waals surface area contributed by atoms with Crippen molar-refractivity contribution in [3.63, 3.8) is 0 Å². The summed E-state index contributed by atoms with van der Waals surface area (Å²) >= 11 is 5.57. The summed E-state index contributed by atoms with van der Waals surface area (Å²) in [7, 11) is 3.91. The van der Waals surface area contributed by atoms with Gasteiger partial charge in [0, 0.05) is 6.54 Å². The van der Waals surface area contributed by atoms with Gasteiger partial charge in [-0.3, -0.25) is 0 Å². The van der Waals surface area contributed by atoms with Crippen molar-refractivity contribution in [1.82, 2.24) is 4.90 Å². The van der Waals surface area contributed by atoms with Crippen LogP contribution in [0.4, 0.5) is 13.2 Å². The quantitative estimate of drug-likeness (QED) is 0.763. The first-order valence-corrected chi connectivity index (χ1v) is 6.92. The largest absolute Gasteiger partial charge is 0.457 e. The van der Waals surface area contributed by atoms with Gasteiger partial charge < -0.3 is 9.64 Å². The molecule has 0 saturated carbocycles. The van der Waals surface area contributed by atoms with Gasteiger partial charge >= 0.3 is 6.18 Å². The zero-order valence-corrected chi connectivity index (χ0v) is 12.9. The van der Waals surface area contributed by atoms with Crippen LogP contribution in [-0.4, -0.2) is 19.0 Å². The normalized spacial score (nSPS) is 11.8. The van der Waals surface area contributed by atoms with Crippen molar-refractivity contribution in [3.8, 4) is 11.5 Å². The van der Waals surface area contributed by atoms with E-state index in [-0.39, 0.29) is 10.8 Å². The Morgan fingerprint density at radius 3 is 2.14 bits per heavy atom. The Balaban J connectivity index is 2.17. The lowest BCUT2D eigenvalue weighted by molar-refractivity contribution is -0.137. The molecule has 2 aromatic rings. The number of hydrogen-bond donors (Lipinski definition) is 0. The number of rotatable bonds is 4. The first kappa shape index (κ1) is 16.6. The van der Waals surface area contributed by atoms with Gasteiger partial charge in [-0.05, 0) is 50.0 Å². The number of ether oxygens (including phenoxy) is 1. The SMILES string of the molecule is CN(C)Cc1ccc(Oc2ccc(Cl)c(C(F)(F)F)c2)cc1. The highest BCUT2D eigenvalue weighted by Crippen LogP contribution is 2.37. The van der Waals surface area contributed by atoms with Gasteiger partial charge in [0.2, 0.25) is 0 Å². The molecule has 0 aromatic heterocycles. The minimum Gasteiger partial charge on any atom is -0.457 e. The Morgan fingerprint density at radius 2 is 1.59 bits per heavy atom. The first-order valence-electron chi connectivity index (χ1n) is 6.54. The maximum absolute atomic E-state index is 12.8. The number of alkyl halides is 3. The van der Waals surface area contributed by atoms with E-state index < -0.39 is 11.7 Å². The van der Waals surface area contributed by atoms with Crippen molar-refractivity contribution in [1.29, 1.82) is 0 Å². The van der Waals surface area contributed by atoms with E-state index in [1.165, 1.54) is 12.1 Å². The van der Waals surface area contributed by atoms with Crippen LogP contribution in [0.15, 0.2) is 42.5 Å². The van der Waals surface area contributed by atoms with Gasteiger partial charge in [0.25, 0.3) is 0 Å². The van der Waals surface area contributed by atoms with Gasteiger partial charge in [0.05, 0.1) is 10.6 Å². The molecule has 2 nitrogen and oxygen atoms in total. The Hall–Kier alpha value is -1.72. The predicted octanol–water partition coefficient (Wildman–Crippen LogP) is 5.21. The molecule has 0 saturated heterocycles. The highest BCUT2D eigenvalue weighted by atomic mass is 35.5. The Bertz CT molecular complexity index is 639. The third-order valence-corrected chi connectivity index (χ3v) is 3.23. The maximum atomic E-state index is 12.8. The highest BCUT2D eigenvalue weighted by Gasteiger charge is 2.33. The van der Waals surface area contributed by atoms with Crippen LogP contribution in [0, 0.1) is 0 Å². The van der Waals surface area contributed by atoms with E-state index in [9.17, 15) is 13.2 Å². The lowest BCUT2D eigenvalue weighted by atomic mass is 10.2. The molecule has 0 radical (unpaired) electrons. The summed E-state index contributed by atoms with van der Waals surface area (Å²) in [4.78, 5) is 2.02. The van der Waals surface area contributed by atoms with Crippen molar-refractivity contribution in [3.05, 3.63) is 58.6 Å². The highest BCUT2D eigenvalue weighted by molar-refractivity contribution is 6.31. The van der Waals surface area contributed by atoms with Crippen molar-refractivity contribution in [2.45, 2.75) is 12.7 Å². The Kier molecular flexibility index (Phi) is 4.98. The van der Waals surface area contributed by atoms with Crippen molar-refractivity contribution in [2.24, 2.45) is 0 Å². The van der Waals surface area contributed by atoms with Crippen LogP contribution in [-0.2, 0) is 12.7 Å². The summed E-state index contributed by atoms with van der Waals surface area (Å²) in [5.74, 6) is 0.565. The third kappa shape index (κ3) is 4.39. The molecule has 0 fully saturated rings. The summed E-state index contributed by atoms with van der Waals surface area (Å²) in [6.07, 6.45) is -4.51. The number of halogens is 4. The number of hydrogen-bond acceptors (Lipinski definition) is 2. The monoisotopic (exact) mass is 329 g/mol. The number of benzene rings is 2. The molecule has 0 unspecified atom stereocenters. The van der Waals surface area contributed by atoms with Crippen LogP contribution in [0.3, 0.4) is 0 Å². The van der Waals surface area contributed by atoms with E-state index >= 15 is 0 Å². The molecule has 0 heterocycles. The summed E-state index contributed by atoms with van der Waals surface area (Å²) in [6, 6.07) is 10.7. The molecule has 0 spiro atoms. The topological polar surface area (TPSA) is 12.5 Å². The molecule has 2 rings (SSSR count). The minimum absolute atomic E-state index is 0.0945. The molecule has 0 aliphatic carbocycles. The van der Waals surface area contributed by atoms with Crippen molar-refractivity contribution < 1.29 is 17.9 Å². The van der Waals surface area contributed by atoms with Gasteiger partial charge in [0.1, 0.15) is 11.5 Å². The second-order valence-corrected chi connectivity index (χ2v) is 5.53. The lowest BCUT2D eigenvalue weighted by Crippen LogP contribution is -2.10. The smallest absolute Gasteiger partial charge is 0.417 e. The van der Waals surface area contributed by atoms with Gasteiger partial charge in [-0.15, -0.1) is 0 Å². The molecule has 0 N–H and O–H groups in total. The molecule has 22 heavy (non-hydrogen) atoms. The van der Waals surface area contributed by atoms with E-state index in [1.54, 1.807) is 12.1 Å². The fourth-order valence-electron chi connectivity index (χ4n) is 1.95. The molecule has 0 atom stereocenters. The van der Waals surface area contributed by atoms with Crippen LogP contribution >= 0.6 is 11.6 Å². The summed E-state index contributed by atoms with van der Waals surface area (Å²) in [5.41, 5.74) is 0.181. The molecule has 118 valence electrons. The molecule has 6 heteroatoms. The summed E-state index contributed by atoms with van der Waals surface area (Å²) < 4.78 is 43.8. The van der Waals surface area contributed by atoms with Gasteiger partial charge in [-0.25, -0.2) is 0 Å². The molecular formula is C16H15ClF3NO. The maximum Gasteiger partial charge on any atom is 0.417 e. The van der Waals surface area contributed by atoms with E-state index in [2.05, 4.69) is 0 Å². The molecule has 0 aliphatic rings. The van der Waals surface area contributed by atoms with Gasteiger partial charge in [-0.1, -0.05) is 23.7 Å². The van der Waals surface area contributed by atoms with Crippen LogP contribution in [0.2, 0.25) is 5.02 Å². The van der Waals surface area contributed by atoms with Crippen LogP contribution in [0.25, 0.3) is 0 Å². The van der Waals surface area contributed by atoms with Crippen LogP contribution in [0.5, 0.6) is 11.5 Å². The Labute approximate surface area is 132 Å². The molecule has 2 aromatic carbocycles. The standard InChI is InChI=1S/C16H15ClF3NO/c1-21(2)10-11-3-5-12(6-4-11)22-13-7-8-15(17)14(9-13)16(18,19)20/h3-9H,10H2,1-2H3. The molecule has 0 aliphatic heterocycles. The minimum atomic E-state index is -4.51. The fourth-order valence-corrected chi connectivity index (χ4v) is 2.17. The van der Waals surface area contributed by atoms with E-state index in [0.29, 0.717) is 5.75 Å². The summed E-state index contributed by atoms with van der Waals surface area (Å²) in [5, 5.41) is -0.346. The lowest BCUT2D eigenvalue weighted by Gasteiger charge is -2.13. The third-order valence-electron chi connectivity index (χ3n) is 2.90. The fraction of sp³-hybridized carbons (Fsp3) is 0.250. The molecular weight excluding hydrogens is 315 g/mol. The van der Waals surface area contributed by atoms with Crippen LogP contribution in [0.1, 0.15) is 11.1 Å². The second-order valence-electron chi connectivity index (χ2n) is 5.12. The Morgan fingerprint density at radius 1 is 1.00 bits per heavy atom. The van der Waals surface area contributed by atoms with Crippen LogP contribution < -0.4 is 4.74 Å². The average Bonchev–Trinajstić information content (AvgIpc) is 2.41. The zero-order chi connectivity index (χ0) is 16.3.